The topological polar surface area (TPSA) is 52.0 Å². The van der Waals surface area contributed by atoms with E-state index in [1.807, 2.05) is 0 Å². The third kappa shape index (κ3) is 414. The maximum Gasteiger partial charge on any atom is 0 e. The van der Waals surface area contributed by atoms with E-state index in [1.165, 1.54) is 0 Å². The minimum Gasteiger partial charge on any atom is -2.00 e. The van der Waals surface area contributed by atoms with Gasteiger partial charge >= 0.3 is 0 Å². The Bertz CT molecular complexity index is 76.6. The molecular formula is C2H4MoN2S6-6. The maximum atomic E-state index is 4.66. The van der Waals surface area contributed by atoms with Crippen LogP contribution >= 0.6 is 24.4 Å². The van der Waals surface area contributed by atoms with E-state index in [-0.39, 0.29) is 56.7 Å². The van der Waals surface area contributed by atoms with E-state index in [1.54, 1.807) is 0 Å². The van der Waals surface area contributed by atoms with Gasteiger partial charge in [-0.05, 0) is 0 Å². The number of hydrogen-bond acceptors (Lipinski definition) is 4. The molecule has 0 aromatic heterocycles. The molecule has 0 saturated carbocycles. The molecule has 9 heteroatoms. The molecule has 0 amide bonds. The largest absolute Gasteiger partial charge is 2.00 e. The van der Waals surface area contributed by atoms with Crippen LogP contribution in [-0.2, 0) is 73.3 Å². The van der Waals surface area contributed by atoms with Crippen molar-refractivity contribution < 1.29 is 21.1 Å². The van der Waals surface area contributed by atoms with Crippen LogP contribution in [0.25, 0.3) is 0 Å². The van der Waals surface area contributed by atoms with Crippen LogP contribution in [0.2, 0.25) is 0 Å². The molecule has 0 atom stereocenters. The number of nitrogens with two attached hydrogens (primary N) is 2. The average Bonchev–Trinajstić information content (AvgIpc) is 1.25. The smallest absolute Gasteiger partial charge is 0 e. The Morgan fingerprint density at radius 3 is 0.909 bits per heavy atom. The van der Waals surface area contributed by atoms with Crippen LogP contribution in [0.4, 0.5) is 0 Å². The molecule has 0 aromatic carbocycles. The van der Waals surface area contributed by atoms with Crippen molar-refractivity contribution in [2.24, 2.45) is 11.5 Å². The quantitative estimate of drug-likeness (QED) is 0.353. The summed E-state index contributed by atoms with van der Waals surface area (Å²) in [6.45, 7) is 0. The van der Waals surface area contributed by atoms with Crippen LogP contribution in [0.3, 0.4) is 0 Å². The molecule has 0 unspecified atom stereocenters. The minimum absolute atomic E-state index is 0. The molecule has 2 nitrogen and oxygen atoms in total. The fourth-order valence-electron chi connectivity index (χ4n) is 0. The Kier molecular flexibility index (Phi) is 60.2. The van der Waals surface area contributed by atoms with Crippen molar-refractivity contribution in [3.05, 3.63) is 0 Å². The number of thiocarbonyl (C=S) groups is 2. The van der Waals surface area contributed by atoms with Gasteiger partial charge in [-0.2, -0.15) is 0 Å². The Morgan fingerprint density at radius 1 is 0.909 bits per heavy atom. The summed E-state index contributed by atoms with van der Waals surface area (Å²) < 4.78 is 0.167. The molecule has 0 aliphatic heterocycles. The predicted octanol–water partition coefficient (Wildman–Crippen LogP) is -0.453. The van der Waals surface area contributed by atoms with Gasteiger partial charge in [-0.1, -0.05) is 8.64 Å². The number of rotatable bonds is 0. The van der Waals surface area contributed by atoms with E-state index in [4.69, 9.17) is 0 Å². The Balaban J connectivity index is -0.0000000171. The second-order valence-corrected chi connectivity index (χ2v) is 2.91. The average molecular weight is 344 g/mol. The Labute approximate surface area is 117 Å². The molecule has 0 aromatic rings. The van der Waals surface area contributed by atoms with Crippen molar-refractivity contribution in [1.29, 1.82) is 0 Å². The summed E-state index contributed by atoms with van der Waals surface area (Å²) >= 11 is 16.5. The van der Waals surface area contributed by atoms with Gasteiger partial charge in [-0.15, -0.1) is 0 Å². The summed E-state index contributed by atoms with van der Waals surface area (Å²) in [5.41, 5.74) is 9.31. The molecule has 0 spiro atoms. The summed E-state index contributed by atoms with van der Waals surface area (Å²) in [5, 5.41) is 0. The normalized spacial score (nSPS) is 4.36. The molecule has 0 aliphatic carbocycles. The fourth-order valence-corrected chi connectivity index (χ4v) is 0. The summed E-state index contributed by atoms with van der Waals surface area (Å²) in [7, 11) is 0. The van der Waals surface area contributed by atoms with Crippen LogP contribution in [0.15, 0.2) is 0 Å². The van der Waals surface area contributed by atoms with Gasteiger partial charge in [-0.3, -0.25) is 0 Å². The van der Waals surface area contributed by atoms with Crippen molar-refractivity contribution in [3.8, 4) is 0 Å². The molecule has 4 N–H and O–H groups in total. The monoisotopic (exact) mass is 346 g/mol. The summed E-state index contributed by atoms with van der Waals surface area (Å²) in [5.74, 6) is 0. The van der Waals surface area contributed by atoms with Crippen LogP contribution in [0.1, 0.15) is 0 Å². The van der Waals surface area contributed by atoms with E-state index in [0.29, 0.717) is 0 Å². The Morgan fingerprint density at radius 2 is 0.909 bits per heavy atom. The van der Waals surface area contributed by atoms with E-state index < -0.39 is 0 Å². The van der Waals surface area contributed by atoms with Crippen molar-refractivity contribution >= 4 is 85.3 Å². The van der Waals surface area contributed by atoms with Gasteiger partial charge in [0.25, 0.3) is 0 Å². The van der Waals surface area contributed by atoms with E-state index >= 15 is 0 Å². The first-order valence-corrected chi connectivity index (χ1v) is 3.03. The van der Waals surface area contributed by atoms with Gasteiger partial charge < -0.3 is 88.2 Å². The molecule has 0 fully saturated rings. The van der Waals surface area contributed by atoms with E-state index in [0.717, 1.165) is 0 Å². The fraction of sp³-hybridized carbons (Fsp3) is 0. The van der Waals surface area contributed by atoms with E-state index in [9.17, 15) is 0 Å². The van der Waals surface area contributed by atoms with Crippen molar-refractivity contribution in [3.63, 3.8) is 0 Å². The molecule has 0 rings (SSSR count). The summed E-state index contributed by atoms with van der Waals surface area (Å²) in [6.07, 6.45) is 0. The third-order valence-electron chi connectivity index (χ3n) is 0. The van der Waals surface area contributed by atoms with Gasteiger partial charge in [0.15, 0.2) is 0 Å². The van der Waals surface area contributed by atoms with E-state index in [2.05, 4.69) is 61.2 Å². The standard InChI is InChI=1S/2CH3NS2.Mo.2S/c2*2-1(3)4;;;/h2*(H3,2,3,4);;;/q;;;2*-2/p-2. The molecule has 0 heterocycles. The zero-order chi connectivity index (χ0) is 7.15. The van der Waals surface area contributed by atoms with Crippen LogP contribution in [0, 0.1) is 0 Å². The summed E-state index contributed by atoms with van der Waals surface area (Å²) in [6, 6.07) is 0. The Hall–Kier alpha value is 1.61. The second kappa shape index (κ2) is 22.6. The molecule has 0 saturated heterocycles. The zero-order valence-corrected chi connectivity index (χ0v) is 11.9. The van der Waals surface area contributed by atoms with Crippen LogP contribution < -0.4 is 11.5 Å². The van der Waals surface area contributed by atoms with Crippen molar-refractivity contribution in [2.75, 3.05) is 0 Å². The molecule has 70 valence electrons. The van der Waals surface area contributed by atoms with Gasteiger partial charge in [0.2, 0.25) is 0 Å². The first-order valence-electron chi connectivity index (χ1n) is 1.39. The first kappa shape index (κ1) is 29.4. The molecule has 0 aliphatic rings. The third-order valence-corrected chi connectivity index (χ3v) is 0. The predicted molar refractivity (Wildman–Crippen MR) is 63.0 cm³/mol. The van der Waals surface area contributed by atoms with Gasteiger partial charge in [0.05, 0.1) is 0 Å². The van der Waals surface area contributed by atoms with Crippen molar-refractivity contribution in [1.82, 2.24) is 0 Å². The maximum absolute atomic E-state index is 4.66. The van der Waals surface area contributed by atoms with Crippen LogP contribution in [0.5, 0.6) is 0 Å². The summed E-state index contributed by atoms with van der Waals surface area (Å²) in [4.78, 5) is 0. The first-order chi connectivity index (χ1) is 3.46. The molecule has 0 radical (unpaired) electrons. The molecule has 0 bridgehead atoms. The van der Waals surface area contributed by atoms with Crippen LogP contribution in [-0.4, -0.2) is 8.64 Å². The van der Waals surface area contributed by atoms with Gasteiger partial charge in [0, 0.05) is 21.1 Å². The number of hydrogen-bond donors (Lipinski definition) is 2. The second-order valence-electron chi connectivity index (χ2n) is 0.638. The van der Waals surface area contributed by atoms with Crippen molar-refractivity contribution in [2.45, 2.75) is 0 Å². The van der Waals surface area contributed by atoms with Gasteiger partial charge in [-0.25, -0.2) is 0 Å². The molecular weight excluding hydrogens is 340 g/mol. The molecule has 11 heavy (non-hydrogen) atoms. The SMILES string of the molecule is NC(=S)[S-].NC(=S)[S-].[Mo].[S-2].[S-2]. The minimum atomic E-state index is 0. The zero-order valence-electron chi connectivity index (χ0n) is 5.01. The van der Waals surface area contributed by atoms with Gasteiger partial charge in [0.1, 0.15) is 0 Å².